The number of hydrogen-bond acceptors (Lipinski definition) is 3. The number of hydrogen-bond donors (Lipinski definition) is 1. The van der Waals surface area contributed by atoms with Crippen LogP contribution >= 0.6 is 11.3 Å². The fourth-order valence-electron chi connectivity index (χ4n) is 1.51. The molecule has 0 atom stereocenters. The van der Waals surface area contributed by atoms with E-state index < -0.39 is 0 Å². The lowest BCUT2D eigenvalue weighted by Crippen LogP contribution is -1.82. The van der Waals surface area contributed by atoms with Crippen LogP contribution in [-0.4, -0.2) is 9.38 Å². The number of imidazole rings is 1. The molecular weight excluding hydrogens is 206 g/mol. The van der Waals surface area contributed by atoms with E-state index in [1.807, 2.05) is 34.9 Å². The molecule has 0 unspecified atom stereocenters. The summed E-state index contributed by atoms with van der Waals surface area (Å²) in [7, 11) is 0. The monoisotopic (exact) mass is 215 g/mol. The second kappa shape index (κ2) is 3.10. The van der Waals surface area contributed by atoms with E-state index in [-0.39, 0.29) is 0 Å². The topological polar surface area (TPSA) is 43.3 Å². The molecule has 0 saturated heterocycles. The van der Waals surface area contributed by atoms with Gasteiger partial charge in [-0.3, -0.25) is 4.40 Å². The van der Waals surface area contributed by atoms with Crippen molar-refractivity contribution in [1.29, 1.82) is 0 Å². The molecule has 3 aromatic rings. The van der Waals surface area contributed by atoms with E-state index in [9.17, 15) is 0 Å². The van der Waals surface area contributed by atoms with Crippen LogP contribution in [0.1, 0.15) is 0 Å². The van der Waals surface area contributed by atoms with Crippen LogP contribution in [0.4, 0.5) is 5.69 Å². The highest BCUT2D eigenvalue weighted by Gasteiger charge is 2.03. The second-order valence-corrected chi connectivity index (χ2v) is 4.34. The lowest BCUT2D eigenvalue weighted by atomic mass is 10.2. The first-order valence-electron chi connectivity index (χ1n) is 4.61. The summed E-state index contributed by atoms with van der Waals surface area (Å²) < 4.78 is 2.02. The molecule has 3 nitrogen and oxygen atoms in total. The Morgan fingerprint density at radius 1 is 1.20 bits per heavy atom. The fourth-order valence-corrected chi connectivity index (χ4v) is 2.46. The molecule has 1 aromatic carbocycles. The number of nitrogen functional groups attached to an aromatic ring is 1. The van der Waals surface area contributed by atoms with Gasteiger partial charge in [-0.25, -0.2) is 4.98 Å². The summed E-state index contributed by atoms with van der Waals surface area (Å²) in [6.45, 7) is 0. The van der Waals surface area contributed by atoms with Gasteiger partial charge in [0.25, 0.3) is 0 Å². The first-order chi connectivity index (χ1) is 7.33. The minimum absolute atomic E-state index is 0.792. The standard InChI is InChI=1S/C11H9N3S/c12-9-3-1-8(2-4-9)10-7-14-6-5-13-11(14)15-10/h1-7H,12H2. The van der Waals surface area contributed by atoms with Gasteiger partial charge in [-0.2, -0.15) is 0 Å². The maximum Gasteiger partial charge on any atom is 0.194 e. The van der Waals surface area contributed by atoms with E-state index in [0.717, 1.165) is 10.6 Å². The Morgan fingerprint density at radius 2 is 2.00 bits per heavy atom. The van der Waals surface area contributed by atoms with E-state index in [0.29, 0.717) is 0 Å². The first kappa shape index (κ1) is 8.49. The number of fused-ring (bicyclic) bond motifs is 1. The zero-order valence-electron chi connectivity index (χ0n) is 7.92. The van der Waals surface area contributed by atoms with Crippen molar-refractivity contribution in [2.75, 3.05) is 5.73 Å². The molecular formula is C11H9N3S. The third kappa shape index (κ3) is 1.39. The number of rotatable bonds is 1. The van der Waals surface area contributed by atoms with Crippen molar-refractivity contribution in [2.24, 2.45) is 0 Å². The molecule has 0 amide bonds. The summed E-state index contributed by atoms with van der Waals surface area (Å²) in [5, 5.41) is 0. The predicted molar refractivity (Wildman–Crippen MR) is 62.9 cm³/mol. The summed E-state index contributed by atoms with van der Waals surface area (Å²) in [6.07, 6.45) is 5.84. The quantitative estimate of drug-likeness (QED) is 0.634. The lowest BCUT2D eigenvalue weighted by molar-refractivity contribution is 1.23. The van der Waals surface area contributed by atoms with Crippen molar-refractivity contribution in [3.05, 3.63) is 42.9 Å². The van der Waals surface area contributed by atoms with Gasteiger partial charge in [-0.15, -0.1) is 0 Å². The van der Waals surface area contributed by atoms with Crippen molar-refractivity contribution >= 4 is 22.0 Å². The Hall–Kier alpha value is -1.81. The molecule has 2 heterocycles. The lowest BCUT2D eigenvalue weighted by Gasteiger charge is -1.96. The van der Waals surface area contributed by atoms with Crippen LogP contribution < -0.4 is 5.73 Å². The molecule has 0 aliphatic rings. The molecule has 0 aliphatic heterocycles. The minimum Gasteiger partial charge on any atom is -0.399 e. The van der Waals surface area contributed by atoms with Gasteiger partial charge in [0, 0.05) is 24.3 Å². The Bertz CT molecular complexity index is 563. The first-order valence-corrected chi connectivity index (χ1v) is 5.43. The van der Waals surface area contributed by atoms with Crippen molar-refractivity contribution in [1.82, 2.24) is 9.38 Å². The van der Waals surface area contributed by atoms with Gasteiger partial charge in [-0.05, 0) is 17.7 Å². The fraction of sp³-hybridized carbons (Fsp3) is 0. The largest absolute Gasteiger partial charge is 0.399 e. The van der Waals surface area contributed by atoms with Crippen LogP contribution in [0.25, 0.3) is 15.4 Å². The average Bonchev–Trinajstić information content (AvgIpc) is 2.78. The molecule has 0 fully saturated rings. The maximum absolute atomic E-state index is 5.65. The van der Waals surface area contributed by atoms with Gasteiger partial charge in [0.2, 0.25) is 0 Å². The normalized spacial score (nSPS) is 10.9. The smallest absolute Gasteiger partial charge is 0.194 e. The predicted octanol–water partition coefficient (Wildman–Crippen LogP) is 2.65. The Morgan fingerprint density at radius 3 is 2.73 bits per heavy atom. The second-order valence-electron chi connectivity index (χ2n) is 3.33. The molecule has 2 aromatic heterocycles. The SMILES string of the molecule is Nc1ccc(-c2cn3ccnc3s2)cc1. The van der Waals surface area contributed by atoms with Crippen molar-refractivity contribution in [3.8, 4) is 10.4 Å². The highest BCUT2D eigenvalue weighted by molar-refractivity contribution is 7.20. The number of anilines is 1. The van der Waals surface area contributed by atoms with E-state index in [1.54, 1.807) is 17.5 Å². The third-order valence-corrected chi connectivity index (χ3v) is 3.35. The van der Waals surface area contributed by atoms with E-state index in [1.165, 1.54) is 10.4 Å². The van der Waals surface area contributed by atoms with Gasteiger partial charge in [0.05, 0.1) is 4.88 Å². The maximum atomic E-state index is 5.65. The summed E-state index contributed by atoms with van der Waals surface area (Å²) in [5.41, 5.74) is 7.62. The number of nitrogens with zero attached hydrogens (tertiary/aromatic N) is 2. The molecule has 4 heteroatoms. The highest BCUT2D eigenvalue weighted by atomic mass is 32.1. The summed E-state index contributed by atoms with van der Waals surface area (Å²) in [6, 6.07) is 7.89. The van der Waals surface area contributed by atoms with Crippen LogP contribution in [0, 0.1) is 0 Å². The molecule has 0 radical (unpaired) electrons. The Kier molecular flexibility index (Phi) is 1.76. The molecule has 15 heavy (non-hydrogen) atoms. The van der Waals surface area contributed by atoms with Crippen LogP contribution in [0.3, 0.4) is 0 Å². The van der Waals surface area contributed by atoms with Crippen molar-refractivity contribution in [2.45, 2.75) is 0 Å². The molecule has 2 N–H and O–H groups in total. The molecule has 0 aliphatic carbocycles. The van der Waals surface area contributed by atoms with Crippen LogP contribution in [0.15, 0.2) is 42.9 Å². The zero-order valence-corrected chi connectivity index (χ0v) is 8.74. The van der Waals surface area contributed by atoms with Gasteiger partial charge in [0.1, 0.15) is 0 Å². The summed E-state index contributed by atoms with van der Waals surface area (Å²) in [5.74, 6) is 0. The molecule has 0 saturated carbocycles. The molecule has 3 rings (SSSR count). The van der Waals surface area contributed by atoms with Crippen molar-refractivity contribution < 1.29 is 0 Å². The van der Waals surface area contributed by atoms with E-state index in [4.69, 9.17) is 5.73 Å². The number of aromatic nitrogens is 2. The molecule has 0 bridgehead atoms. The zero-order chi connectivity index (χ0) is 10.3. The van der Waals surface area contributed by atoms with Crippen molar-refractivity contribution in [3.63, 3.8) is 0 Å². The van der Waals surface area contributed by atoms with Gasteiger partial charge >= 0.3 is 0 Å². The third-order valence-electron chi connectivity index (χ3n) is 2.29. The van der Waals surface area contributed by atoms with E-state index in [2.05, 4.69) is 11.2 Å². The van der Waals surface area contributed by atoms with E-state index >= 15 is 0 Å². The van der Waals surface area contributed by atoms with Gasteiger partial charge < -0.3 is 5.73 Å². The van der Waals surface area contributed by atoms with Gasteiger partial charge in [0.15, 0.2) is 4.96 Å². The van der Waals surface area contributed by atoms with Crippen LogP contribution in [-0.2, 0) is 0 Å². The molecule has 74 valence electrons. The highest BCUT2D eigenvalue weighted by Crippen LogP contribution is 2.28. The molecule has 0 spiro atoms. The van der Waals surface area contributed by atoms with Crippen LogP contribution in [0.5, 0.6) is 0 Å². The number of benzene rings is 1. The minimum atomic E-state index is 0.792. The Balaban J connectivity index is 2.13. The average molecular weight is 215 g/mol. The summed E-state index contributed by atoms with van der Waals surface area (Å²) >= 11 is 1.67. The Labute approximate surface area is 90.8 Å². The summed E-state index contributed by atoms with van der Waals surface area (Å²) in [4.78, 5) is 6.46. The number of nitrogens with two attached hydrogens (primary N) is 1. The van der Waals surface area contributed by atoms with Gasteiger partial charge in [-0.1, -0.05) is 23.5 Å². The van der Waals surface area contributed by atoms with Crippen LogP contribution in [0.2, 0.25) is 0 Å². The number of thiazole rings is 1.